The average molecular weight is 246 g/mol. The van der Waals surface area contributed by atoms with Crippen molar-refractivity contribution in [1.29, 1.82) is 0 Å². The van der Waals surface area contributed by atoms with E-state index in [1.54, 1.807) is 0 Å². The van der Waals surface area contributed by atoms with Crippen LogP contribution in [0.15, 0.2) is 24.3 Å². The van der Waals surface area contributed by atoms with Crippen LogP contribution in [0.5, 0.6) is 0 Å². The highest BCUT2D eigenvalue weighted by molar-refractivity contribution is 5.47. The van der Waals surface area contributed by atoms with Crippen molar-refractivity contribution in [2.75, 3.05) is 31.6 Å². The number of anilines is 1. The third kappa shape index (κ3) is 3.05. The molecule has 1 heterocycles. The molecule has 2 rings (SSSR count). The Labute approximate surface area is 111 Å². The Bertz CT molecular complexity index is 380. The Kier molecular flexibility index (Phi) is 4.28. The quantitative estimate of drug-likeness (QED) is 0.877. The van der Waals surface area contributed by atoms with Gasteiger partial charge in [0.1, 0.15) is 0 Å². The fourth-order valence-corrected chi connectivity index (χ4v) is 3.04. The van der Waals surface area contributed by atoms with Gasteiger partial charge in [0.25, 0.3) is 0 Å². The largest absolute Gasteiger partial charge is 0.374 e. The van der Waals surface area contributed by atoms with E-state index in [9.17, 15) is 0 Å². The molecule has 1 aliphatic heterocycles. The highest BCUT2D eigenvalue weighted by atomic mass is 15.1. The molecule has 0 radical (unpaired) electrons. The molecular weight excluding hydrogens is 220 g/mol. The fraction of sp³-hybridized carbons (Fsp3) is 0.625. The van der Waals surface area contributed by atoms with Gasteiger partial charge in [0.2, 0.25) is 0 Å². The molecule has 2 nitrogen and oxygen atoms in total. The van der Waals surface area contributed by atoms with Crippen LogP contribution in [-0.2, 0) is 0 Å². The number of nitrogens with one attached hydrogen (secondary N) is 1. The second-order valence-corrected chi connectivity index (χ2v) is 5.80. The molecular formula is C16H26N2. The first-order valence-corrected chi connectivity index (χ1v) is 7.14. The van der Waals surface area contributed by atoms with Gasteiger partial charge in [-0.1, -0.05) is 19.1 Å². The lowest BCUT2D eigenvalue weighted by atomic mass is 9.76. The monoisotopic (exact) mass is 246 g/mol. The van der Waals surface area contributed by atoms with Crippen molar-refractivity contribution in [2.45, 2.75) is 33.1 Å². The smallest absolute Gasteiger partial charge is 0.0366 e. The van der Waals surface area contributed by atoms with E-state index in [-0.39, 0.29) is 0 Å². The number of hydrogen-bond donors (Lipinski definition) is 1. The van der Waals surface area contributed by atoms with Crippen molar-refractivity contribution < 1.29 is 0 Å². The summed E-state index contributed by atoms with van der Waals surface area (Å²) in [6.45, 7) is 8.03. The first-order chi connectivity index (χ1) is 8.65. The topological polar surface area (TPSA) is 15.3 Å². The van der Waals surface area contributed by atoms with Gasteiger partial charge >= 0.3 is 0 Å². The number of aryl methyl sites for hydroxylation is 1. The van der Waals surface area contributed by atoms with Crippen LogP contribution in [0.4, 0.5) is 5.69 Å². The first kappa shape index (κ1) is 13.4. The highest BCUT2D eigenvalue weighted by Gasteiger charge is 2.31. The predicted molar refractivity (Wildman–Crippen MR) is 79.3 cm³/mol. The second-order valence-electron chi connectivity index (χ2n) is 5.80. The van der Waals surface area contributed by atoms with E-state index in [1.807, 2.05) is 0 Å². The average Bonchev–Trinajstić information content (AvgIpc) is 2.40. The van der Waals surface area contributed by atoms with Gasteiger partial charge in [0.15, 0.2) is 0 Å². The maximum Gasteiger partial charge on any atom is 0.0366 e. The molecule has 0 bridgehead atoms. The van der Waals surface area contributed by atoms with E-state index in [0.29, 0.717) is 5.41 Å². The van der Waals surface area contributed by atoms with Crippen LogP contribution < -0.4 is 10.2 Å². The zero-order valence-electron chi connectivity index (χ0n) is 12.0. The molecule has 0 amide bonds. The predicted octanol–water partition coefficient (Wildman–Crippen LogP) is 3.21. The van der Waals surface area contributed by atoms with Crippen LogP contribution in [-0.4, -0.2) is 26.7 Å². The van der Waals surface area contributed by atoms with E-state index in [4.69, 9.17) is 0 Å². The summed E-state index contributed by atoms with van der Waals surface area (Å²) in [6.07, 6.45) is 3.89. The number of benzene rings is 1. The summed E-state index contributed by atoms with van der Waals surface area (Å²) in [5.41, 5.74) is 3.19. The molecule has 0 atom stereocenters. The zero-order valence-corrected chi connectivity index (χ0v) is 12.0. The molecule has 0 saturated carbocycles. The van der Waals surface area contributed by atoms with Crippen molar-refractivity contribution in [3.05, 3.63) is 29.8 Å². The summed E-state index contributed by atoms with van der Waals surface area (Å²) in [7, 11) is 2.23. The molecule has 0 aromatic heterocycles. The molecule has 1 fully saturated rings. The molecule has 1 aliphatic rings. The molecule has 0 aliphatic carbocycles. The van der Waals surface area contributed by atoms with Crippen LogP contribution >= 0.6 is 0 Å². The SMILES string of the molecule is CCC1(CN(C)c2cccc(C)c2)CCNCC1. The Morgan fingerprint density at radius 3 is 2.61 bits per heavy atom. The van der Waals surface area contributed by atoms with Crippen molar-refractivity contribution in [3.8, 4) is 0 Å². The molecule has 1 aromatic carbocycles. The van der Waals surface area contributed by atoms with E-state index in [1.165, 1.54) is 50.1 Å². The zero-order chi connectivity index (χ0) is 13.0. The van der Waals surface area contributed by atoms with Gasteiger partial charge in [-0.05, 0) is 62.4 Å². The minimum Gasteiger partial charge on any atom is -0.374 e. The Morgan fingerprint density at radius 2 is 2.00 bits per heavy atom. The molecule has 18 heavy (non-hydrogen) atoms. The summed E-state index contributed by atoms with van der Waals surface area (Å²) < 4.78 is 0. The van der Waals surface area contributed by atoms with Gasteiger partial charge in [-0.15, -0.1) is 0 Å². The van der Waals surface area contributed by atoms with Gasteiger partial charge in [0.05, 0.1) is 0 Å². The lowest BCUT2D eigenvalue weighted by Crippen LogP contribution is -2.43. The van der Waals surface area contributed by atoms with Crippen LogP contribution in [0.2, 0.25) is 0 Å². The summed E-state index contributed by atoms with van der Waals surface area (Å²) in [4.78, 5) is 2.43. The minimum absolute atomic E-state index is 0.504. The lowest BCUT2D eigenvalue weighted by Gasteiger charge is -2.40. The summed E-state index contributed by atoms with van der Waals surface area (Å²) in [5.74, 6) is 0. The number of piperidine rings is 1. The van der Waals surface area contributed by atoms with Crippen LogP contribution in [0.3, 0.4) is 0 Å². The van der Waals surface area contributed by atoms with Gasteiger partial charge < -0.3 is 10.2 Å². The summed E-state index contributed by atoms with van der Waals surface area (Å²) in [5, 5.41) is 3.48. The lowest BCUT2D eigenvalue weighted by molar-refractivity contribution is 0.200. The number of nitrogens with zero attached hydrogens (tertiary/aromatic N) is 1. The van der Waals surface area contributed by atoms with Crippen molar-refractivity contribution in [1.82, 2.24) is 5.32 Å². The summed E-state index contributed by atoms with van der Waals surface area (Å²) >= 11 is 0. The van der Waals surface area contributed by atoms with Crippen molar-refractivity contribution >= 4 is 5.69 Å². The molecule has 2 heteroatoms. The van der Waals surface area contributed by atoms with Gasteiger partial charge in [-0.25, -0.2) is 0 Å². The Hall–Kier alpha value is -1.02. The maximum atomic E-state index is 3.48. The maximum absolute atomic E-state index is 3.48. The standard InChI is InChI=1S/C16H26N2/c1-4-16(8-10-17-11-9-16)13-18(3)15-7-5-6-14(2)12-15/h5-7,12,17H,4,8-11,13H2,1-3H3. The molecule has 1 saturated heterocycles. The number of hydrogen-bond acceptors (Lipinski definition) is 2. The van der Waals surface area contributed by atoms with E-state index >= 15 is 0 Å². The summed E-state index contributed by atoms with van der Waals surface area (Å²) in [6, 6.07) is 8.82. The normalized spacial score (nSPS) is 18.6. The third-order valence-electron chi connectivity index (χ3n) is 4.43. The molecule has 1 N–H and O–H groups in total. The van der Waals surface area contributed by atoms with Gasteiger partial charge in [-0.2, -0.15) is 0 Å². The van der Waals surface area contributed by atoms with Gasteiger partial charge in [-0.3, -0.25) is 0 Å². The second kappa shape index (κ2) is 5.75. The number of rotatable bonds is 4. The van der Waals surface area contributed by atoms with Crippen molar-refractivity contribution in [3.63, 3.8) is 0 Å². The fourth-order valence-electron chi connectivity index (χ4n) is 3.04. The van der Waals surface area contributed by atoms with Gasteiger partial charge in [0, 0.05) is 19.3 Å². The van der Waals surface area contributed by atoms with E-state index in [2.05, 4.69) is 55.4 Å². The molecule has 0 spiro atoms. The van der Waals surface area contributed by atoms with Crippen LogP contribution in [0.25, 0.3) is 0 Å². The van der Waals surface area contributed by atoms with E-state index in [0.717, 1.165) is 0 Å². The van der Waals surface area contributed by atoms with Crippen LogP contribution in [0.1, 0.15) is 31.7 Å². The first-order valence-electron chi connectivity index (χ1n) is 7.14. The van der Waals surface area contributed by atoms with Crippen molar-refractivity contribution in [2.24, 2.45) is 5.41 Å². The van der Waals surface area contributed by atoms with E-state index < -0.39 is 0 Å². The molecule has 100 valence electrons. The Balaban J connectivity index is 2.07. The molecule has 1 aromatic rings. The third-order valence-corrected chi connectivity index (χ3v) is 4.43. The minimum atomic E-state index is 0.504. The molecule has 0 unspecified atom stereocenters. The Morgan fingerprint density at radius 1 is 1.28 bits per heavy atom. The van der Waals surface area contributed by atoms with Crippen LogP contribution in [0, 0.1) is 12.3 Å². The highest BCUT2D eigenvalue weighted by Crippen LogP contribution is 2.34.